The summed E-state index contributed by atoms with van der Waals surface area (Å²) < 4.78 is 23.7. The Balaban J connectivity index is 1.41. The van der Waals surface area contributed by atoms with Crippen LogP contribution in [0.5, 0.6) is 0 Å². The molecular formula is C24H23ClFN5O4. The number of cyclic esters (lactones) is 1. The van der Waals surface area contributed by atoms with Gasteiger partial charge in [-0.15, -0.1) is 0 Å². The van der Waals surface area contributed by atoms with Gasteiger partial charge in [0.25, 0.3) is 0 Å². The molecule has 35 heavy (non-hydrogen) atoms. The van der Waals surface area contributed by atoms with Crippen molar-refractivity contribution in [3.63, 3.8) is 0 Å². The fraction of sp³-hybridized carbons (Fsp3) is 0.250. The lowest BCUT2D eigenvalue weighted by molar-refractivity contribution is -0.161. The van der Waals surface area contributed by atoms with Crippen LogP contribution in [-0.2, 0) is 19.1 Å². The number of methoxy groups -OCH3 is 1. The molecule has 2 heterocycles. The molecule has 0 radical (unpaired) electrons. The molecular weight excluding hydrogens is 477 g/mol. The number of nitrogens with one attached hydrogen (secondary N) is 2. The van der Waals surface area contributed by atoms with Crippen LogP contribution in [0.2, 0.25) is 5.02 Å². The van der Waals surface area contributed by atoms with Crippen molar-refractivity contribution in [1.29, 1.82) is 0 Å². The summed E-state index contributed by atoms with van der Waals surface area (Å²) in [6.07, 6.45) is 4.19. The van der Waals surface area contributed by atoms with Gasteiger partial charge in [0.1, 0.15) is 24.1 Å². The van der Waals surface area contributed by atoms with E-state index >= 15 is 0 Å². The summed E-state index contributed by atoms with van der Waals surface area (Å²) in [4.78, 5) is 34.5. The standard InChI is InChI=1S/C24H23ClFN5O4/c1-34-13-17-11-31(12-23(33)35-17)8-2-3-22(32)29-15-5-7-21-18(9-15)24(28-14-27-21)30-16-4-6-20(26)19(25)10-16/h2-7,9-10,14,17H,8,11-13H2,1H3,(H,29,32)(H,27,28,30). The molecule has 0 aliphatic carbocycles. The third-order valence-electron chi connectivity index (χ3n) is 5.18. The molecule has 1 saturated heterocycles. The molecule has 9 nitrogen and oxygen atoms in total. The highest BCUT2D eigenvalue weighted by Crippen LogP contribution is 2.27. The quantitative estimate of drug-likeness (QED) is 0.358. The lowest BCUT2D eigenvalue weighted by Gasteiger charge is -2.30. The van der Waals surface area contributed by atoms with Crippen LogP contribution in [0, 0.1) is 5.82 Å². The molecule has 4 rings (SSSR count). The second-order valence-electron chi connectivity index (χ2n) is 7.86. The van der Waals surface area contributed by atoms with Crippen LogP contribution in [0.4, 0.5) is 21.6 Å². The first-order valence-electron chi connectivity index (χ1n) is 10.8. The van der Waals surface area contributed by atoms with Crippen LogP contribution in [0.1, 0.15) is 0 Å². The predicted octanol–water partition coefficient (Wildman–Crippen LogP) is 3.53. The lowest BCUT2D eigenvalue weighted by Crippen LogP contribution is -2.47. The minimum absolute atomic E-state index is 0.0104. The van der Waals surface area contributed by atoms with Crippen molar-refractivity contribution in [2.24, 2.45) is 0 Å². The Hall–Kier alpha value is -3.60. The number of fused-ring (bicyclic) bond motifs is 1. The number of rotatable bonds is 8. The summed E-state index contributed by atoms with van der Waals surface area (Å²) in [5.74, 6) is -0.680. The van der Waals surface area contributed by atoms with Gasteiger partial charge < -0.3 is 20.1 Å². The van der Waals surface area contributed by atoms with Crippen LogP contribution in [0.15, 0.2) is 54.9 Å². The Bertz CT molecular complexity index is 1270. The first-order chi connectivity index (χ1) is 16.9. The first kappa shape index (κ1) is 24.5. The molecule has 1 amide bonds. The van der Waals surface area contributed by atoms with Gasteiger partial charge >= 0.3 is 5.97 Å². The SMILES string of the molecule is COCC1CN(CC=CC(=O)Nc2ccc3ncnc(Nc4ccc(F)c(Cl)c4)c3c2)CC(=O)O1. The van der Waals surface area contributed by atoms with Crippen molar-refractivity contribution in [3.8, 4) is 0 Å². The van der Waals surface area contributed by atoms with E-state index in [1.54, 1.807) is 37.5 Å². The highest BCUT2D eigenvalue weighted by atomic mass is 35.5. The van der Waals surface area contributed by atoms with Crippen LogP contribution in [-0.4, -0.2) is 66.2 Å². The number of esters is 1. The average molecular weight is 500 g/mol. The number of anilines is 3. The van der Waals surface area contributed by atoms with E-state index in [0.717, 1.165) is 0 Å². The van der Waals surface area contributed by atoms with Crippen molar-refractivity contribution in [3.05, 3.63) is 65.7 Å². The summed E-state index contributed by atoms with van der Waals surface area (Å²) in [7, 11) is 1.55. The van der Waals surface area contributed by atoms with Gasteiger partial charge in [-0.2, -0.15) is 0 Å². The minimum Gasteiger partial charge on any atom is -0.458 e. The number of carbonyl (C=O) groups is 2. The zero-order valence-electron chi connectivity index (χ0n) is 18.8. The van der Waals surface area contributed by atoms with Crippen LogP contribution >= 0.6 is 11.6 Å². The van der Waals surface area contributed by atoms with E-state index in [-0.39, 0.29) is 29.5 Å². The second-order valence-corrected chi connectivity index (χ2v) is 8.27. The maximum atomic E-state index is 13.5. The van der Waals surface area contributed by atoms with Crippen molar-refractivity contribution >= 4 is 51.6 Å². The number of amides is 1. The number of hydrogen-bond donors (Lipinski definition) is 2. The topological polar surface area (TPSA) is 106 Å². The zero-order chi connectivity index (χ0) is 24.8. The molecule has 2 N–H and O–H groups in total. The summed E-state index contributed by atoms with van der Waals surface area (Å²) in [5.41, 5.74) is 1.76. The van der Waals surface area contributed by atoms with Gasteiger partial charge in [0.05, 0.1) is 23.7 Å². The van der Waals surface area contributed by atoms with Gasteiger partial charge in [-0.3, -0.25) is 14.5 Å². The van der Waals surface area contributed by atoms with E-state index in [2.05, 4.69) is 20.6 Å². The van der Waals surface area contributed by atoms with Gasteiger partial charge in [-0.1, -0.05) is 17.7 Å². The molecule has 11 heteroatoms. The summed E-state index contributed by atoms with van der Waals surface area (Å²) in [6.45, 7) is 1.43. The Morgan fingerprint density at radius 1 is 1.29 bits per heavy atom. The van der Waals surface area contributed by atoms with Gasteiger partial charge in [-0.25, -0.2) is 14.4 Å². The van der Waals surface area contributed by atoms with Crippen molar-refractivity contribution in [2.75, 3.05) is 44.0 Å². The Morgan fingerprint density at radius 2 is 2.11 bits per heavy atom. The molecule has 1 aromatic heterocycles. The smallest absolute Gasteiger partial charge is 0.320 e. The maximum absolute atomic E-state index is 13.5. The second kappa shape index (κ2) is 11.2. The lowest BCUT2D eigenvalue weighted by atomic mass is 10.2. The van der Waals surface area contributed by atoms with Gasteiger partial charge in [0.2, 0.25) is 5.91 Å². The molecule has 0 saturated carbocycles. The Kier molecular flexibility index (Phi) is 7.86. The molecule has 0 bridgehead atoms. The highest BCUT2D eigenvalue weighted by molar-refractivity contribution is 6.31. The third kappa shape index (κ3) is 6.50. The van der Waals surface area contributed by atoms with E-state index in [4.69, 9.17) is 21.1 Å². The third-order valence-corrected chi connectivity index (χ3v) is 5.47. The number of carbonyl (C=O) groups excluding carboxylic acids is 2. The van der Waals surface area contributed by atoms with E-state index in [0.29, 0.717) is 47.8 Å². The number of ether oxygens (including phenoxy) is 2. The molecule has 0 spiro atoms. The minimum atomic E-state index is -0.516. The molecule has 1 aliphatic heterocycles. The van der Waals surface area contributed by atoms with Crippen LogP contribution in [0.3, 0.4) is 0 Å². The van der Waals surface area contributed by atoms with Crippen LogP contribution < -0.4 is 10.6 Å². The summed E-state index contributed by atoms with van der Waals surface area (Å²) in [5, 5.41) is 6.56. The van der Waals surface area contributed by atoms with Crippen molar-refractivity contribution < 1.29 is 23.5 Å². The number of benzene rings is 2. The molecule has 1 unspecified atom stereocenters. The molecule has 1 fully saturated rings. The monoisotopic (exact) mass is 499 g/mol. The number of hydrogen-bond acceptors (Lipinski definition) is 8. The number of aromatic nitrogens is 2. The zero-order valence-corrected chi connectivity index (χ0v) is 19.6. The largest absolute Gasteiger partial charge is 0.458 e. The van der Waals surface area contributed by atoms with Crippen molar-refractivity contribution in [1.82, 2.24) is 14.9 Å². The molecule has 1 aliphatic rings. The molecule has 1 atom stereocenters. The predicted molar refractivity (Wildman–Crippen MR) is 130 cm³/mol. The molecule has 182 valence electrons. The van der Waals surface area contributed by atoms with Gasteiger partial charge in [-0.05, 0) is 36.4 Å². The van der Waals surface area contributed by atoms with E-state index in [9.17, 15) is 14.0 Å². The Labute approximate surface area is 205 Å². The Morgan fingerprint density at radius 3 is 2.91 bits per heavy atom. The highest BCUT2D eigenvalue weighted by Gasteiger charge is 2.25. The van der Waals surface area contributed by atoms with Crippen LogP contribution in [0.25, 0.3) is 10.9 Å². The molecule has 3 aromatic rings. The number of halogens is 2. The van der Waals surface area contributed by atoms with E-state index in [1.807, 2.05) is 4.90 Å². The summed E-state index contributed by atoms with van der Waals surface area (Å²) in [6, 6.07) is 9.50. The number of morpholine rings is 1. The summed E-state index contributed by atoms with van der Waals surface area (Å²) >= 11 is 5.87. The fourth-order valence-electron chi connectivity index (χ4n) is 3.64. The molecule has 2 aromatic carbocycles. The maximum Gasteiger partial charge on any atom is 0.320 e. The van der Waals surface area contributed by atoms with Crippen molar-refractivity contribution in [2.45, 2.75) is 6.10 Å². The van der Waals surface area contributed by atoms with E-state index in [1.165, 1.54) is 24.5 Å². The normalized spacial score (nSPS) is 16.4. The number of nitrogens with zero attached hydrogens (tertiary/aromatic N) is 3. The fourth-order valence-corrected chi connectivity index (χ4v) is 3.83. The first-order valence-corrected chi connectivity index (χ1v) is 11.1. The van der Waals surface area contributed by atoms with Gasteiger partial charge in [0.15, 0.2) is 0 Å². The van der Waals surface area contributed by atoms with Gasteiger partial charge in [0, 0.05) is 43.0 Å². The van der Waals surface area contributed by atoms with E-state index < -0.39 is 5.82 Å². The average Bonchev–Trinajstić information content (AvgIpc) is 2.82.